The summed E-state index contributed by atoms with van der Waals surface area (Å²) in [6.07, 6.45) is 0. The normalized spacial score (nSPS) is 10.7. The second kappa shape index (κ2) is 6.87. The fourth-order valence-corrected chi connectivity index (χ4v) is 3.79. The highest BCUT2D eigenvalue weighted by Crippen LogP contribution is 2.33. The van der Waals surface area contributed by atoms with Gasteiger partial charge in [-0.05, 0) is 60.5 Å². The van der Waals surface area contributed by atoms with Crippen LogP contribution in [0.4, 0.5) is 5.13 Å². The van der Waals surface area contributed by atoms with E-state index in [2.05, 4.69) is 58.3 Å². The number of nitrogens with zero attached hydrogens (tertiary/aromatic N) is 1. The van der Waals surface area contributed by atoms with Crippen molar-refractivity contribution in [1.29, 1.82) is 0 Å². The molecule has 24 heavy (non-hydrogen) atoms. The quantitative estimate of drug-likeness (QED) is 0.607. The van der Waals surface area contributed by atoms with Gasteiger partial charge in [0.25, 0.3) is 5.91 Å². The van der Waals surface area contributed by atoms with Crippen LogP contribution >= 0.6 is 27.3 Å². The first-order chi connectivity index (χ1) is 11.5. The summed E-state index contributed by atoms with van der Waals surface area (Å²) < 4.78 is 0.769. The zero-order valence-electron chi connectivity index (χ0n) is 13.7. The fourth-order valence-electron chi connectivity index (χ4n) is 2.50. The van der Waals surface area contributed by atoms with Crippen LogP contribution < -0.4 is 5.32 Å². The molecule has 122 valence electrons. The predicted molar refractivity (Wildman–Crippen MR) is 104 cm³/mol. The van der Waals surface area contributed by atoms with E-state index in [-0.39, 0.29) is 5.91 Å². The van der Waals surface area contributed by atoms with Crippen molar-refractivity contribution < 1.29 is 4.79 Å². The highest BCUT2D eigenvalue weighted by atomic mass is 79.9. The Balaban J connectivity index is 1.91. The maximum atomic E-state index is 12.4. The molecule has 0 fully saturated rings. The van der Waals surface area contributed by atoms with E-state index in [9.17, 15) is 4.79 Å². The van der Waals surface area contributed by atoms with Crippen molar-refractivity contribution in [2.24, 2.45) is 0 Å². The minimum absolute atomic E-state index is 0.163. The number of aryl methyl sites for hydroxylation is 3. The van der Waals surface area contributed by atoms with Crippen LogP contribution in [0.1, 0.15) is 26.4 Å². The average Bonchev–Trinajstić information content (AvgIpc) is 2.90. The smallest absolute Gasteiger partial charge is 0.258 e. The zero-order chi connectivity index (χ0) is 17.3. The first kappa shape index (κ1) is 16.9. The molecule has 3 rings (SSSR count). The van der Waals surface area contributed by atoms with Gasteiger partial charge in [-0.25, -0.2) is 4.98 Å². The number of amides is 1. The molecule has 3 nitrogen and oxygen atoms in total. The minimum Gasteiger partial charge on any atom is -0.298 e. The number of carbonyl (C=O) groups is 1. The monoisotopic (exact) mass is 400 g/mol. The number of rotatable bonds is 3. The molecule has 2 aromatic carbocycles. The van der Waals surface area contributed by atoms with Crippen molar-refractivity contribution in [3.05, 3.63) is 68.5 Å². The van der Waals surface area contributed by atoms with Gasteiger partial charge in [-0.1, -0.05) is 29.8 Å². The Hall–Kier alpha value is -1.98. The van der Waals surface area contributed by atoms with Crippen molar-refractivity contribution in [3.8, 4) is 11.3 Å². The fraction of sp³-hybridized carbons (Fsp3) is 0.158. The lowest BCUT2D eigenvalue weighted by atomic mass is 10.0. The second-order valence-electron chi connectivity index (χ2n) is 5.68. The lowest BCUT2D eigenvalue weighted by Gasteiger charge is -2.05. The zero-order valence-corrected chi connectivity index (χ0v) is 16.1. The molecule has 0 radical (unpaired) electrons. The van der Waals surface area contributed by atoms with Crippen LogP contribution in [0.2, 0.25) is 0 Å². The van der Waals surface area contributed by atoms with Crippen molar-refractivity contribution in [2.45, 2.75) is 20.8 Å². The summed E-state index contributed by atoms with van der Waals surface area (Å²) in [5, 5.41) is 3.52. The molecular weight excluding hydrogens is 384 g/mol. The first-order valence-electron chi connectivity index (χ1n) is 7.56. The number of hydrogen-bond acceptors (Lipinski definition) is 3. The maximum absolute atomic E-state index is 12.4. The molecule has 1 aromatic heterocycles. The van der Waals surface area contributed by atoms with E-state index in [0.717, 1.165) is 20.6 Å². The van der Waals surface area contributed by atoms with Gasteiger partial charge in [-0.15, -0.1) is 11.3 Å². The van der Waals surface area contributed by atoms with Gasteiger partial charge >= 0.3 is 0 Å². The number of aromatic nitrogens is 1. The highest BCUT2D eigenvalue weighted by molar-refractivity contribution is 9.10. The number of thiazole rings is 1. The Labute approximate surface area is 153 Å². The summed E-state index contributed by atoms with van der Waals surface area (Å²) >= 11 is 4.90. The molecule has 0 aliphatic rings. The summed E-state index contributed by atoms with van der Waals surface area (Å²) in [6.45, 7) is 6.18. The molecule has 1 N–H and O–H groups in total. The molecule has 3 aromatic rings. The summed E-state index contributed by atoms with van der Waals surface area (Å²) in [4.78, 5) is 18.2. The van der Waals surface area contributed by atoms with E-state index >= 15 is 0 Å². The Morgan fingerprint density at radius 1 is 1.12 bits per heavy atom. The van der Waals surface area contributed by atoms with E-state index in [0.29, 0.717) is 10.7 Å². The largest absolute Gasteiger partial charge is 0.298 e. The van der Waals surface area contributed by atoms with Crippen LogP contribution in [0, 0.1) is 20.8 Å². The lowest BCUT2D eigenvalue weighted by Crippen LogP contribution is -2.12. The van der Waals surface area contributed by atoms with E-state index in [1.165, 1.54) is 22.5 Å². The standard InChI is InChI=1S/C19H17BrN2OS/c1-11-8-9-12(2)15(10-11)17-13(3)24-19(21-17)22-18(23)14-6-4-5-7-16(14)20/h4-10H,1-3H3,(H,21,22,23). The molecule has 0 aliphatic carbocycles. The molecule has 0 unspecified atom stereocenters. The van der Waals surface area contributed by atoms with Crippen LogP contribution in [-0.2, 0) is 0 Å². The molecule has 5 heteroatoms. The molecule has 0 saturated heterocycles. The number of halogens is 1. The number of hydrogen-bond donors (Lipinski definition) is 1. The molecule has 1 heterocycles. The molecule has 0 atom stereocenters. The van der Waals surface area contributed by atoms with Crippen molar-refractivity contribution >= 4 is 38.3 Å². The van der Waals surface area contributed by atoms with Gasteiger partial charge in [-0.3, -0.25) is 10.1 Å². The third-order valence-electron chi connectivity index (χ3n) is 3.78. The van der Waals surface area contributed by atoms with Crippen LogP contribution in [0.15, 0.2) is 46.9 Å². The van der Waals surface area contributed by atoms with Crippen molar-refractivity contribution in [2.75, 3.05) is 5.32 Å². The number of anilines is 1. The van der Waals surface area contributed by atoms with Gasteiger partial charge in [0.1, 0.15) is 0 Å². The molecule has 0 saturated carbocycles. The van der Waals surface area contributed by atoms with E-state index in [1.54, 1.807) is 6.07 Å². The third kappa shape index (κ3) is 3.42. The van der Waals surface area contributed by atoms with Gasteiger partial charge in [0.05, 0.1) is 11.3 Å². The lowest BCUT2D eigenvalue weighted by molar-refractivity contribution is 0.102. The van der Waals surface area contributed by atoms with Crippen molar-refractivity contribution in [1.82, 2.24) is 4.98 Å². The SMILES string of the molecule is Cc1ccc(C)c(-c2nc(NC(=O)c3ccccc3Br)sc2C)c1. The number of benzene rings is 2. The van der Waals surface area contributed by atoms with Gasteiger partial charge in [0.2, 0.25) is 0 Å². The first-order valence-corrected chi connectivity index (χ1v) is 9.17. The van der Waals surface area contributed by atoms with Crippen molar-refractivity contribution in [3.63, 3.8) is 0 Å². The van der Waals surface area contributed by atoms with Gasteiger partial charge in [0, 0.05) is 14.9 Å². The molecular formula is C19H17BrN2OS. The van der Waals surface area contributed by atoms with Crippen LogP contribution in [0.3, 0.4) is 0 Å². The van der Waals surface area contributed by atoms with E-state index in [1.807, 2.05) is 25.1 Å². The average molecular weight is 401 g/mol. The topological polar surface area (TPSA) is 42.0 Å². The Bertz CT molecular complexity index is 917. The van der Waals surface area contributed by atoms with Gasteiger partial charge < -0.3 is 0 Å². The van der Waals surface area contributed by atoms with Gasteiger partial charge in [0.15, 0.2) is 5.13 Å². The van der Waals surface area contributed by atoms with Crippen LogP contribution in [0.25, 0.3) is 11.3 Å². The second-order valence-corrected chi connectivity index (χ2v) is 7.73. The van der Waals surface area contributed by atoms with Crippen LogP contribution in [0.5, 0.6) is 0 Å². The molecule has 0 bridgehead atoms. The van der Waals surface area contributed by atoms with Crippen LogP contribution in [-0.4, -0.2) is 10.9 Å². The minimum atomic E-state index is -0.163. The van der Waals surface area contributed by atoms with Gasteiger partial charge in [-0.2, -0.15) is 0 Å². The van der Waals surface area contributed by atoms with E-state index < -0.39 is 0 Å². The summed E-state index contributed by atoms with van der Waals surface area (Å²) in [5.74, 6) is -0.163. The number of nitrogens with one attached hydrogen (secondary N) is 1. The Morgan fingerprint density at radius 2 is 1.88 bits per heavy atom. The summed E-state index contributed by atoms with van der Waals surface area (Å²) in [5.41, 5.74) is 5.02. The maximum Gasteiger partial charge on any atom is 0.258 e. The van der Waals surface area contributed by atoms with E-state index in [4.69, 9.17) is 0 Å². The molecule has 1 amide bonds. The highest BCUT2D eigenvalue weighted by Gasteiger charge is 2.15. The predicted octanol–water partition coefficient (Wildman–Crippen LogP) is 5.75. The summed E-state index contributed by atoms with van der Waals surface area (Å²) in [7, 11) is 0. The Morgan fingerprint density at radius 3 is 2.62 bits per heavy atom. The Kier molecular flexibility index (Phi) is 4.83. The third-order valence-corrected chi connectivity index (χ3v) is 5.36. The summed E-state index contributed by atoms with van der Waals surface area (Å²) in [6, 6.07) is 13.7. The number of carbonyl (C=O) groups excluding carboxylic acids is 1. The molecule has 0 aliphatic heterocycles. The molecule has 0 spiro atoms.